The summed E-state index contributed by atoms with van der Waals surface area (Å²) < 4.78 is 7.58. The fourth-order valence-electron chi connectivity index (χ4n) is 1.55. The first-order valence-corrected chi connectivity index (χ1v) is 10.5. The lowest BCUT2D eigenvalue weighted by Gasteiger charge is -2.36. The van der Waals surface area contributed by atoms with Gasteiger partial charge in [-0.3, -0.25) is 4.79 Å². The average molecular weight is 331 g/mol. The van der Waals surface area contributed by atoms with Gasteiger partial charge in [0.1, 0.15) is 0 Å². The maximum absolute atomic E-state index is 12.6. The van der Waals surface area contributed by atoms with E-state index in [9.17, 15) is 4.79 Å². The van der Waals surface area contributed by atoms with Crippen LogP contribution in [-0.2, 0) is 16.6 Å². The highest BCUT2D eigenvalue weighted by atomic mass is 35.5. The molecule has 21 heavy (non-hydrogen) atoms. The van der Waals surface area contributed by atoms with Crippen molar-refractivity contribution in [2.24, 2.45) is 0 Å². The van der Waals surface area contributed by atoms with Crippen molar-refractivity contribution < 1.29 is 4.43 Å². The predicted molar refractivity (Wildman–Crippen MR) is 90.5 cm³/mol. The van der Waals surface area contributed by atoms with Gasteiger partial charge in [-0.15, -0.1) is 0 Å². The molecule has 1 aromatic rings. The molecule has 0 radical (unpaired) electrons. The molecule has 0 amide bonds. The normalized spacial score (nSPS) is 13.6. The molecule has 0 N–H and O–H groups in total. The average Bonchev–Trinajstić information content (AvgIpc) is 2.24. The summed E-state index contributed by atoms with van der Waals surface area (Å²) in [7, 11) is -1.92. The molecule has 0 aliphatic heterocycles. The minimum absolute atomic E-state index is 0.0928. The molecule has 0 aliphatic rings. The summed E-state index contributed by atoms with van der Waals surface area (Å²) in [4.78, 5) is 12.6. The van der Waals surface area contributed by atoms with Gasteiger partial charge in [0.05, 0.1) is 28.9 Å². The SMILES string of the molecule is CC(C)(C)n1ncc(Cl)c(CO[Si](C)(C)C(C)(C)C)c1=O. The number of aromatic nitrogens is 2. The third-order valence-electron chi connectivity index (χ3n) is 4.04. The fraction of sp³-hybridized carbons (Fsp3) is 0.733. The Hall–Kier alpha value is -0.653. The molecule has 6 heteroatoms. The Labute approximate surface area is 133 Å². The van der Waals surface area contributed by atoms with Gasteiger partial charge in [-0.1, -0.05) is 32.4 Å². The second-order valence-electron chi connectivity index (χ2n) is 7.91. The van der Waals surface area contributed by atoms with Crippen molar-refractivity contribution in [3.05, 3.63) is 27.1 Å². The summed E-state index contributed by atoms with van der Waals surface area (Å²) in [6, 6.07) is 0. The van der Waals surface area contributed by atoms with Gasteiger partial charge in [0, 0.05) is 0 Å². The van der Waals surface area contributed by atoms with Gasteiger partial charge in [0.2, 0.25) is 0 Å². The van der Waals surface area contributed by atoms with Crippen molar-refractivity contribution in [3.8, 4) is 0 Å². The van der Waals surface area contributed by atoms with E-state index < -0.39 is 8.32 Å². The fourth-order valence-corrected chi connectivity index (χ4v) is 2.66. The highest BCUT2D eigenvalue weighted by Gasteiger charge is 2.37. The van der Waals surface area contributed by atoms with E-state index in [1.807, 2.05) is 20.8 Å². The van der Waals surface area contributed by atoms with Crippen molar-refractivity contribution in [1.82, 2.24) is 9.78 Å². The zero-order chi connectivity index (χ0) is 16.6. The van der Waals surface area contributed by atoms with Crippen LogP contribution in [0.1, 0.15) is 47.1 Å². The standard InChI is InChI=1S/C15H27ClN2O2Si/c1-14(2,3)18-13(19)11(12(16)9-17-18)10-20-21(7,8)15(4,5)6/h9H,10H2,1-8H3. The number of hydrogen-bond acceptors (Lipinski definition) is 3. The van der Waals surface area contributed by atoms with E-state index in [-0.39, 0.29) is 22.7 Å². The Morgan fingerprint density at radius 3 is 2.19 bits per heavy atom. The first-order valence-electron chi connectivity index (χ1n) is 7.18. The number of rotatable bonds is 3. The van der Waals surface area contributed by atoms with Crippen molar-refractivity contribution in [2.75, 3.05) is 0 Å². The van der Waals surface area contributed by atoms with Crippen LogP contribution in [0.5, 0.6) is 0 Å². The van der Waals surface area contributed by atoms with Crippen molar-refractivity contribution >= 4 is 19.9 Å². The lowest BCUT2D eigenvalue weighted by Crippen LogP contribution is -2.42. The molecule has 0 fully saturated rings. The smallest absolute Gasteiger partial charge is 0.274 e. The lowest BCUT2D eigenvalue weighted by molar-refractivity contribution is 0.268. The topological polar surface area (TPSA) is 44.1 Å². The Morgan fingerprint density at radius 1 is 1.24 bits per heavy atom. The van der Waals surface area contributed by atoms with E-state index in [4.69, 9.17) is 16.0 Å². The van der Waals surface area contributed by atoms with Crippen LogP contribution in [0.4, 0.5) is 0 Å². The Bertz CT molecular complexity index is 569. The largest absolute Gasteiger partial charge is 0.412 e. The Balaban J connectivity index is 3.14. The maximum atomic E-state index is 12.6. The van der Waals surface area contributed by atoms with Gasteiger partial charge in [0.25, 0.3) is 5.56 Å². The van der Waals surface area contributed by atoms with Crippen LogP contribution in [0, 0.1) is 0 Å². The van der Waals surface area contributed by atoms with Crippen LogP contribution in [0.2, 0.25) is 23.2 Å². The van der Waals surface area contributed by atoms with Crippen molar-refractivity contribution in [3.63, 3.8) is 0 Å². The van der Waals surface area contributed by atoms with E-state index in [1.165, 1.54) is 10.9 Å². The molecule has 0 saturated heterocycles. The maximum Gasteiger partial charge on any atom is 0.274 e. The molecule has 1 aromatic heterocycles. The van der Waals surface area contributed by atoms with E-state index in [2.05, 4.69) is 39.0 Å². The molecular weight excluding hydrogens is 304 g/mol. The van der Waals surface area contributed by atoms with Gasteiger partial charge >= 0.3 is 0 Å². The lowest BCUT2D eigenvalue weighted by atomic mass is 10.1. The van der Waals surface area contributed by atoms with Crippen LogP contribution in [0.15, 0.2) is 11.0 Å². The van der Waals surface area contributed by atoms with E-state index in [0.29, 0.717) is 10.6 Å². The molecular formula is C15H27ClN2O2Si. The molecule has 0 aliphatic carbocycles. The Kier molecular flexibility index (Phi) is 5.13. The predicted octanol–water partition coefficient (Wildman–Crippen LogP) is 4.17. The highest BCUT2D eigenvalue weighted by molar-refractivity contribution is 6.74. The molecule has 0 bridgehead atoms. The molecule has 1 heterocycles. The summed E-state index contributed by atoms with van der Waals surface area (Å²) in [6.07, 6.45) is 1.53. The van der Waals surface area contributed by atoms with E-state index in [0.717, 1.165) is 0 Å². The summed E-state index contributed by atoms with van der Waals surface area (Å²) in [5, 5.41) is 4.60. The zero-order valence-corrected chi connectivity index (χ0v) is 16.1. The molecule has 1 rings (SSSR count). The molecule has 0 spiro atoms. The summed E-state index contributed by atoms with van der Waals surface area (Å²) in [6.45, 7) is 16.9. The third kappa shape index (κ3) is 4.17. The minimum atomic E-state index is -1.92. The second kappa shape index (κ2) is 5.86. The second-order valence-corrected chi connectivity index (χ2v) is 13.1. The number of halogens is 1. The van der Waals surface area contributed by atoms with Gasteiger partial charge < -0.3 is 4.43 Å². The molecule has 120 valence electrons. The molecule has 0 atom stereocenters. The van der Waals surface area contributed by atoms with Crippen molar-refractivity contribution in [1.29, 1.82) is 0 Å². The molecule has 0 aromatic carbocycles. The number of nitrogens with zero attached hydrogens (tertiary/aromatic N) is 2. The first-order chi connectivity index (χ1) is 9.27. The minimum Gasteiger partial charge on any atom is -0.412 e. The van der Waals surface area contributed by atoms with Crippen LogP contribution >= 0.6 is 11.6 Å². The van der Waals surface area contributed by atoms with Crippen LogP contribution in [-0.4, -0.2) is 18.1 Å². The van der Waals surface area contributed by atoms with Gasteiger partial charge in [-0.25, -0.2) is 4.68 Å². The molecule has 0 saturated carbocycles. The van der Waals surface area contributed by atoms with Crippen molar-refractivity contribution in [2.45, 2.75) is 71.8 Å². The summed E-state index contributed by atoms with van der Waals surface area (Å²) in [5.74, 6) is 0. The van der Waals surface area contributed by atoms with Gasteiger partial charge in [-0.05, 0) is 38.9 Å². The van der Waals surface area contributed by atoms with Crippen LogP contribution in [0.3, 0.4) is 0 Å². The zero-order valence-electron chi connectivity index (χ0n) is 14.4. The summed E-state index contributed by atoms with van der Waals surface area (Å²) >= 11 is 6.15. The van der Waals surface area contributed by atoms with Crippen LogP contribution < -0.4 is 5.56 Å². The van der Waals surface area contributed by atoms with E-state index >= 15 is 0 Å². The Morgan fingerprint density at radius 2 is 1.76 bits per heavy atom. The van der Waals surface area contributed by atoms with E-state index in [1.54, 1.807) is 0 Å². The quantitative estimate of drug-likeness (QED) is 0.781. The monoisotopic (exact) mass is 330 g/mol. The first kappa shape index (κ1) is 18.4. The van der Waals surface area contributed by atoms with Crippen LogP contribution in [0.25, 0.3) is 0 Å². The third-order valence-corrected chi connectivity index (χ3v) is 8.85. The highest BCUT2D eigenvalue weighted by Crippen LogP contribution is 2.37. The number of hydrogen-bond donors (Lipinski definition) is 0. The molecule has 0 unspecified atom stereocenters. The van der Waals surface area contributed by atoms with Gasteiger partial charge in [0.15, 0.2) is 8.32 Å². The molecule has 4 nitrogen and oxygen atoms in total. The van der Waals surface area contributed by atoms with Gasteiger partial charge in [-0.2, -0.15) is 5.10 Å². The summed E-state index contributed by atoms with van der Waals surface area (Å²) in [5.41, 5.74) is -0.0620.